The number of carbonyl (C=O) groups excluding carboxylic acids is 1. The summed E-state index contributed by atoms with van der Waals surface area (Å²) in [5.74, 6) is -1.25. The van der Waals surface area contributed by atoms with E-state index in [-0.39, 0.29) is 11.5 Å². The van der Waals surface area contributed by atoms with E-state index in [0.29, 0.717) is 23.9 Å². The van der Waals surface area contributed by atoms with Crippen LogP contribution in [0.2, 0.25) is 0 Å². The predicted molar refractivity (Wildman–Crippen MR) is 120 cm³/mol. The monoisotopic (exact) mass is 424 g/mol. The second kappa shape index (κ2) is 10.5. The summed E-state index contributed by atoms with van der Waals surface area (Å²) in [6.07, 6.45) is 7.81. The molecule has 1 saturated carbocycles. The van der Waals surface area contributed by atoms with Gasteiger partial charge in [-0.3, -0.25) is 0 Å². The maximum atomic E-state index is 11.6. The number of rotatable bonds is 5. The van der Waals surface area contributed by atoms with Crippen LogP contribution in [-0.2, 0) is 4.74 Å². The zero-order valence-electron chi connectivity index (χ0n) is 17.6. The summed E-state index contributed by atoms with van der Waals surface area (Å²) in [6, 6.07) is 10.6. The molecule has 0 amide bonds. The number of nitrogens with one attached hydrogen (secondary N) is 2. The first-order valence-electron chi connectivity index (χ1n) is 10.5. The lowest BCUT2D eigenvalue weighted by Gasteiger charge is -2.24. The molecule has 8 nitrogen and oxygen atoms in total. The van der Waals surface area contributed by atoms with Crippen LogP contribution in [0.25, 0.3) is 11.0 Å². The molecule has 5 N–H and O–H groups in total. The van der Waals surface area contributed by atoms with Crippen molar-refractivity contribution in [3.8, 4) is 0 Å². The van der Waals surface area contributed by atoms with Crippen LogP contribution >= 0.6 is 0 Å². The van der Waals surface area contributed by atoms with Crippen molar-refractivity contribution in [1.29, 1.82) is 0 Å². The Kier molecular flexibility index (Phi) is 7.48. The lowest BCUT2D eigenvalue weighted by Crippen LogP contribution is -2.22. The molecular weight excluding hydrogens is 396 g/mol. The van der Waals surface area contributed by atoms with Crippen LogP contribution in [0.4, 0.5) is 11.4 Å². The molecule has 1 fully saturated rings. The summed E-state index contributed by atoms with van der Waals surface area (Å²) in [7, 11) is 0. The zero-order valence-corrected chi connectivity index (χ0v) is 17.6. The second-order valence-electron chi connectivity index (χ2n) is 7.44. The number of nitrogen functional groups attached to an aromatic ring is 1. The summed E-state index contributed by atoms with van der Waals surface area (Å²) >= 11 is 0. The van der Waals surface area contributed by atoms with Crippen LogP contribution in [-0.4, -0.2) is 39.7 Å². The average molecular weight is 425 g/mol. The van der Waals surface area contributed by atoms with Gasteiger partial charge in [0.1, 0.15) is 0 Å². The number of hydrogen-bond donors (Lipinski definition) is 4. The molecule has 2 aromatic carbocycles. The van der Waals surface area contributed by atoms with E-state index in [4.69, 9.17) is 15.6 Å². The largest absolute Gasteiger partial charge is 0.478 e. The topological polar surface area (TPSA) is 130 Å². The quantitative estimate of drug-likeness (QED) is 0.351. The van der Waals surface area contributed by atoms with Gasteiger partial charge in [0, 0.05) is 6.04 Å². The van der Waals surface area contributed by atoms with E-state index < -0.39 is 5.97 Å². The predicted octanol–water partition coefficient (Wildman–Crippen LogP) is 4.45. The van der Waals surface area contributed by atoms with Crippen molar-refractivity contribution in [2.75, 3.05) is 17.7 Å². The molecule has 0 radical (unpaired) electrons. The van der Waals surface area contributed by atoms with Gasteiger partial charge in [0.15, 0.2) is 0 Å². The van der Waals surface area contributed by atoms with Crippen LogP contribution in [0.1, 0.15) is 59.7 Å². The molecule has 3 aromatic rings. The van der Waals surface area contributed by atoms with E-state index in [0.717, 1.165) is 16.7 Å². The number of carboxylic acid groups (broad SMARTS) is 1. The van der Waals surface area contributed by atoms with Gasteiger partial charge < -0.3 is 25.9 Å². The third kappa shape index (κ3) is 5.97. The van der Waals surface area contributed by atoms with E-state index in [1.165, 1.54) is 44.5 Å². The van der Waals surface area contributed by atoms with E-state index >= 15 is 0 Å². The Morgan fingerprint density at radius 1 is 1.16 bits per heavy atom. The van der Waals surface area contributed by atoms with Gasteiger partial charge in [-0.15, -0.1) is 0 Å². The highest BCUT2D eigenvalue weighted by Crippen LogP contribution is 2.26. The van der Waals surface area contributed by atoms with Gasteiger partial charge in [0.2, 0.25) is 0 Å². The van der Waals surface area contributed by atoms with Crippen LogP contribution in [0.5, 0.6) is 0 Å². The number of carboxylic acids is 1. The molecule has 1 heterocycles. The fourth-order valence-corrected chi connectivity index (χ4v) is 3.57. The fraction of sp³-hybridized carbons (Fsp3) is 0.348. The van der Waals surface area contributed by atoms with Gasteiger partial charge in [0.05, 0.1) is 46.5 Å². The molecule has 164 valence electrons. The van der Waals surface area contributed by atoms with E-state index in [9.17, 15) is 9.59 Å². The summed E-state index contributed by atoms with van der Waals surface area (Å²) < 4.78 is 4.96. The standard InChI is InChI=1S/C15H22N2O2.C8H6N2O2/c1-2-19-15(18)11-8-9-14(13(16)10-11)17-12-6-4-3-5-7-12;11-8(12)5-1-2-6-7(3-5)10-4-9-6/h8-10,12,17H,2-7,16H2,1H3;1-4H,(H,9,10)(H,11,12). The van der Waals surface area contributed by atoms with Gasteiger partial charge in [0.25, 0.3) is 0 Å². The molecule has 0 saturated heterocycles. The minimum Gasteiger partial charge on any atom is -0.478 e. The highest BCUT2D eigenvalue weighted by Gasteiger charge is 2.15. The number of nitrogens with two attached hydrogens (primary N) is 1. The van der Waals surface area contributed by atoms with Crippen molar-refractivity contribution in [2.24, 2.45) is 0 Å². The molecule has 8 heteroatoms. The van der Waals surface area contributed by atoms with Crippen molar-refractivity contribution in [1.82, 2.24) is 9.97 Å². The van der Waals surface area contributed by atoms with Crippen molar-refractivity contribution in [3.05, 3.63) is 53.9 Å². The molecule has 0 spiro atoms. The smallest absolute Gasteiger partial charge is 0.338 e. The number of H-pyrrole nitrogens is 1. The molecule has 0 bridgehead atoms. The normalized spacial score (nSPS) is 13.8. The molecule has 0 aliphatic heterocycles. The Bertz CT molecular complexity index is 1040. The Labute approximate surface area is 180 Å². The van der Waals surface area contributed by atoms with Gasteiger partial charge in [-0.25, -0.2) is 14.6 Å². The molecular formula is C23H28N4O4. The third-order valence-electron chi connectivity index (χ3n) is 5.19. The van der Waals surface area contributed by atoms with Crippen molar-refractivity contribution in [3.63, 3.8) is 0 Å². The number of aromatic amines is 1. The van der Waals surface area contributed by atoms with Gasteiger partial charge in [-0.1, -0.05) is 19.3 Å². The minimum atomic E-state index is -0.925. The number of carbonyl (C=O) groups is 2. The SMILES string of the molecule is CCOC(=O)c1ccc(NC2CCCCC2)c(N)c1.O=C(O)c1ccc2nc[nH]c2c1. The molecule has 31 heavy (non-hydrogen) atoms. The van der Waals surface area contributed by atoms with Crippen molar-refractivity contribution >= 4 is 34.3 Å². The number of imidazole rings is 1. The highest BCUT2D eigenvalue weighted by atomic mass is 16.5. The first kappa shape index (κ1) is 22.1. The van der Waals surface area contributed by atoms with Crippen LogP contribution in [0.15, 0.2) is 42.7 Å². The maximum absolute atomic E-state index is 11.6. The lowest BCUT2D eigenvalue weighted by molar-refractivity contribution is 0.0526. The van der Waals surface area contributed by atoms with E-state index in [2.05, 4.69) is 15.3 Å². The Morgan fingerprint density at radius 2 is 1.90 bits per heavy atom. The number of aromatic nitrogens is 2. The number of fused-ring (bicyclic) bond motifs is 1. The van der Waals surface area contributed by atoms with E-state index in [1.807, 2.05) is 6.07 Å². The summed E-state index contributed by atoms with van der Waals surface area (Å²) in [4.78, 5) is 28.9. The van der Waals surface area contributed by atoms with Gasteiger partial charge in [-0.2, -0.15) is 0 Å². The molecule has 0 unspecified atom stereocenters. The highest BCUT2D eigenvalue weighted by molar-refractivity contribution is 5.92. The number of nitrogens with zero attached hydrogens (tertiary/aromatic N) is 1. The summed E-state index contributed by atoms with van der Waals surface area (Å²) in [5.41, 5.74) is 9.83. The number of anilines is 2. The first-order valence-corrected chi connectivity index (χ1v) is 10.5. The Hall–Kier alpha value is -3.55. The maximum Gasteiger partial charge on any atom is 0.338 e. The second-order valence-corrected chi connectivity index (χ2v) is 7.44. The molecule has 0 atom stereocenters. The van der Waals surface area contributed by atoms with Crippen molar-refractivity contribution in [2.45, 2.75) is 45.1 Å². The third-order valence-corrected chi connectivity index (χ3v) is 5.19. The van der Waals surface area contributed by atoms with Crippen LogP contribution in [0, 0.1) is 0 Å². The first-order chi connectivity index (χ1) is 15.0. The van der Waals surface area contributed by atoms with Crippen molar-refractivity contribution < 1.29 is 19.4 Å². The number of esters is 1. The van der Waals surface area contributed by atoms with Gasteiger partial charge >= 0.3 is 11.9 Å². The van der Waals surface area contributed by atoms with Gasteiger partial charge in [-0.05, 0) is 56.2 Å². The average Bonchev–Trinajstić information content (AvgIpc) is 3.24. The Morgan fingerprint density at radius 3 is 2.58 bits per heavy atom. The fourth-order valence-electron chi connectivity index (χ4n) is 3.57. The Balaban J connectivity index is 0.000000194. The summed E-state index contributed by atoms with van der Waals surface area (Å²) in [5, 5.41) is 12.1. The van der Waals surface area contributed by atoms with Crippen LogP contribution < -0.4 is 11.1 Å². The molecule has 4 rings (SSSR count). The number of aromatic carboxylic acids is 1. The summed E-state index contributed by atoms with van der Waals surface area (Å²) in [6.45, 7) is 2.17. The number of benzene rings is 2. The van der Waals surface area contributed by atoms with Crippen LogP contribution in [0.3, 0.4) is 0 Å². The zero-order chi connectivity index (χ0) is 22.2. The molecule has 1 aliphatic carbocycles. The number of ether oxygens (including phenoxy) is 1. The molecule has 1 aromatic heterocycles. The molecule has 1 aliphatic rings. The lowest BCUT2D eigenvalue weighted by atomic mass is 9.95. The number of hydrogen-bond acceptors (Lipinski definition) is 6. The van der Waals surface area contributed by atoms with E-state index in [1.54, 1.807) is 31.2 Å². The minimum absolute atomic E-state index is 0.270.